The Balaban J connectivity index is 2.09. The molecule has 1 atom stereocenters. The van der Waals surface area contributed by atoms with Crippen molar-refractivity contribution in [3.63, 3.8) is 0 Å². The van der Waals surface area contributed by atoms with Gasteiger partial charge in [-0.2, -0.15) is 13.2 Å². The van der Waals surface area contributed by atoms with E-state index in [-0.39, 0.29) is 17.7 Å². The lowest BCUT2D eigenvalue weighted by atomic mass is 9.98. The molecule has 0 unspecified atom stereocenters. The van der Waals surface area contributed by atoms with Gasteiger partial charge in [0.25, 0.3) is 0 Å². The van der Waals surface area contributed by atoms with Crippen molar-refractivity contribution in [3.8, 4) is 0 Å². The summed E-state index contributed by atoms with van der Waals surface area (Å²) in [6, 6.07) is 0. The number of rotatable bonds is 2. The van der Waals surface area contributed by atoms with Gasteiger partial charge >= 0.3 is 12.1 Å². The monoisotopic (exact) mass is 277 g/mol. The molecule has 1 aliphatic rings. The Hall–Kier alpha value is -1.60. The van der Waals surface area contributed by atoms with Crippen molar-refractivity contribution >= 4 is 5.91 Å². The number of carbonyl (C=O) groups excluding carboxylic acids is 1. The van der Waals surface area contributed by atoms with Gasteiger partial charge in [0.1, 0.15) is 0 Å². The lowest BCUT2D eigenvalue weighted by Gasteiger charge is -2.30. The molecule has 2 heterocycles. The largest absolute Gasteiger partial charge is 0.470 e. The zero-order valence-electron chi connectivity index (χ0n) is 10.4. The van der Waals surface area contributed by atoms with E-state index < -0.39 is 12.1 Å². The lowest BCUT2D eigenvalue weighted by molar-refractivity contribution is -0.157. The topological polar surface area (TPSA) is 59.2 Å². The normalized spacial score (nSPS) is 20.6. The number of hydrogen-bond donors (Lipinski definition) is 0. The van der Waals surface area contributed by atoms with Gasteiger partial charge in [0.2, 0.25) is 11.8 Å². The molecule has 2 rings (SSSR count). The number of amides is 1. The van der Waals surface area contributed by atoms with Crippen LogP contribution in [0.15, 0.2) is 4.42 Å². The number of aromatic nitrogens is 2. The first-order valence-corrected chi connectivity index (χ1v) is 6.10. The van der Waals surface area contributed by atoms with E-state index in [4.69, 9.17) is 0 Å². The summed E-state index contributed by atoms with van der Waals surface area (Å²) in [6.45, 7) is 2.72. The number of hydrogen-bond acceptors (Lipinski definition) is 4. The van der Waals surface area contributed by atoms with Gasteiger partial charge in [0.05, 0.1) is 5.92 Å². The second-order valence-corrected chi connectivity index (χ2v) is 4.48. The molecule has 0 saturated carbocycles. The molecule has 0 radical (unpaired) electrons. The highest BCUT2D eigenvalue weighted by atomic mass is 19.4. The predicted molar refractivity (Wildman–Crippen MR) is 58.1 cm³/mol. The predicted octanol–water partition coefficient (Wildman–Crippen LogP) is 2.20. The van der Waals surface area contributed by atoms with Crippen molar-refractivity contribution in [1.29, 1.82) is 0 Å². The fourth-order valence-corrected chi connectivity index (χ4v) is 2.14. The van der Waals surface area contributed by atoms with Crippen molar-refractivity contribution in [1.82, 2.24) is 15.1 Å². The zero-order chi connectivity index (χ0) is 14.0. The number of halogens is 3. The van der Waals surface area contributed by atoms with Crippen molar-refractivity contribution in [2.45, 2.75) is 38.3 Å². The molecule has 1 aromatic heterocycles. The van der Waals surface area contributed by atoms with Crippen LogP contribution in [0.4, 0.5) is 13.2 Å². The smallest absolute Gasteiger partial charge is 0.417 e. The minimum Gasteiger partial charge on any atom is -0.417 e. The molecule has 1 aliphatic heterocycles. The third kappa shape index (κ3) is 3.05. The van der Waals surface area contributed by atoms with E-state index in [2.05, 4.69) is 14.6 Å². The van der Waals surface area contributed by atoms with E-state index in [1.165, 1.54) is 0 Å². The minimum atomic E-state index is -4.63. The summed E-state index contributed by atoms with van der Waals surface area (Å²) in [5.41, 5.74) is 0. The molecular weight excluding hydrogens is 263 g/mol. The number of nitrogens with zero attached hydrogens (tertiary/aromatic N) is 3. The van der Waals surface area contributed by atoms with Gasteiger partial charge in [-0.15, -0.1) is 10.2 Å². The fourth-order valence-electron chi connectivity index (χ4n) is 2.14. The van der Waals surface area contributed by atoms with Crippen LogP contribution in [-0.4, -0.2) is 34.1 Å². The van der Waals surface area contributed by atoms with Crippen LogP contribution in [0, 0.1) is 0 Å². The van der Waals surface area contributed by atoms with Crippen LogP contribution in [0.3, 0.4) is 0 Å². The van der Waals surface area contributed by atoms with Crippen molar-refractivity contribution in [2.24, 2.45) is 0 Å². The minimum absolute atomic E-state index is 0.0136. The van der Waals surface area contributed by atoms with Crippen LogP contribution >= 0.6 is 0 Å². The van der Waals surface area contributed by atoms with Gasteiger partial charge in [0.15, 0.2) is 0 Å². The van der Waals surface area contributed by atoms with E-state index in [1.54, 1.807) is 11.8 Å². The highest BCUT2D eigenvalue weighted by Crippen LogP contribution is 2.32. The Kier molecular flexibility index (Phi) is 3.77. The quantitative estimate of drug-likeness (QED) is 0.831. The summed E-state index contributed by atoms with van der Waals surface area (Å²) < 4.78 is 41.8. The van der Waals surface area contributed by atoms with Gasteiger partial charge in [0, 0.05) is 19.5 Å². The molecule has 0 bridgehead atoms. The molecule has 106 valence electrons. The Morgan fingerprint density at radius 3 is 2.79 bits per heavy atom. The highest BCUT2D eigenvalue weighted by molar-refractivity contribution is 5.75. The second kappa shape index (κ2) is 5.18. The number of alkyl halides is 3. The average molecular weight is 277 g/mol. The van der Waals surface area contributed by atoms with Crippen LogP contribution in [-0.2, 0) is 11.0 Å². The summed E-state index contributed by atoms with van der Waals surface area (Å²) in [4.78, 5) is 13.2. The van der Waals surface area contributed by atoms with E-state index in [9.17, 15) is 18.0 Å². The van der Waals surface area contributed by atoms with Gasteiger partial charge in [-0.1, -0.05) is 6.92 Å². The van der Waals surface area contributed by atoms with Crippen molar-refractivity contribution in [3.05, 3.63) is 11.8 Å². The molecule has 5 nitrogen and oxygen atoms in total. The summed E-state index contributed by atoms with van der Waals surface area (Å²) in [5.74, 6) is -1.70. The molecule has 8 heteroatoms. The van der Waals surface area contributed by atoms with Crippen LogP contribution in [0.5, 0.6) is 0 Å². The highest BCUT2D eigenvalue weighted by Gasteiger charge is 2.39. The summed E-state index contributed by atoms with van der Waals surface area (Å²) in [7, 11) is 0. The molecule has 1 saturated heterocycles. The van der Waals surface area contributed by atoms with Crippen LogP contribution in [0.1, 0.15) is 43.9 Å². The van der Waals surface area contributed by atoms with E-state index in [1.807, 2.05) is 0 Å². The number of carbonyl (C=O) groups is 1. The molecule has 1 fully saturated rings. The van der Waals surface area contributed by atoms with Crippen LogP contribution < -0.4 is 0 Å². The fraction of sp³-hybridized carbons (Fsp3) is 0.727. The third-order valence-corrected chi connectivity index (χ3v) is 3.11. The van der Waals surface area contributed by atoms with E-state index >= 15 is 0 Å². The number of likely N-dealkylation sites (tertiary alicyclic amines) is 1. The first-order valence-electron chi connectivity index (χ1n) is 6.10. The van der Waals surface area contributed by atoms with Crippen LogP contribution in [0.25, 0.3) is 0 Å². The SMILES string of the molecule is CCC(=O)N1CCC[C@H](c2nnc(C(F)(F)F)o2)C1. The first-order chi connectivity index (χ1) is 8.91. The summed E-state index contributed by atoms with van der Waals surface area (Å²) in [6.07, 6.45) is -2.88. The van der Waals surface area contributed by atoms with Gasteiger partial charge in [-0.3, -0.25) is 4.79 Å². The molecule has 0 spiro atoms. The summed E-state index contributed by atoms with van der Waals surface area (Å²) in [5, 5.41) is 6.46. The van der Waals surface area contributed by atoms with Gasteiger partial charge < -0.3 is 9.32 Å². The molecule has 0 aromatic carbocycles. The third-order valence-electron chi connectivity index (χ3n) is 3.11. The van der Waals surface area contributed by atoms with Crippen LogP contribution in [0.2, 0.25) is 0 Å². The molecular formula is C11H14F3N3O2. The Labute approximate surface area is 107 Å². The Morgan fingerprint density at radius 2 is 2.21 bits per heavy atom. The number of piperidine rings is 1. The molecule has 0 aliphatic carbocycles. The first kappa shape index (κ1) is 13.8. The average Bonchev–Trinajstić information content (AvgIpc) is 2.87. The molecule has 0 N–H and O–H groups in total. The maximum absolute atomic E-state index is 12.4. The lowest BCUT2D eigenvalue weighted by Crippen LogP contribution is -2.38. The maximum Gasteiger partial charge on any atom is 0.470 e. The van der Waals surface area contributed by atoms with Gasteiger partial charge in [-0.25, -0.2) is 0 Å². The maximum atomic E-state index is 12.4. The Bertz CT molecular complexity index is 458. The van der Waals surface area contributed by atoms with Crippen molar-refractivity contribution < 1.29 is 22.4 Å². The van der Waals surface area contributed by atoms with Gasteiger partial charge in [-0.05, 0) is 12.8 Å². The second-order valence-electron chi connectivity index (χ2n) is 4.48. The van der Waals surface area contributed by atoms with Crippen molar-refractivity contribution in [2.75, 3.05) is 13.1 Å². The molecule has 19 heavy (non-hydrogen) atoms. The standard InChI is InChI=1S/C11H14F3N3O2/c1-2-8(18)17-5-3-4-7(6-17)9-15-16-10(19-9)11(12,13)14/h7H,2-6H2,1H3/t7-/m0/s1. The molecule has 1 aromatic rings. The Morgan fingerprint density at radius 1 is 1.47 bits per heavy atom. The summed E-state index contributed by atoms with van der Waals surface area (Å²) >= 11 is 0. The molecule has 1 amide bonds. The van der Waals surface area contributed by atoms with E-state index in [0.717, 1.165) is 6.42 Å². The zero-order valence-corrected chi connectivity index (χ0v) is 10.4. The van der Waals surface area contributed by atoms with E-state index in [0.29, 0.717) is 25.9 Å².